The highest BCUT2D eigenvalue weighted by atomic mass is 35.5. The summed E-state index contributed by atoms with van der Waals surface area (Å²) < 4.78 is 33.6. The number of pyridine rings is 1. The quantitative estimate of drug-likeness (QED) is 0.693. The van der Waals surface area contributed by atoms with E-state index in [1.54, 1.807) is 6.92 Å². The van der Waals surface area contributed by atoms with Crippen LogP contribution in [0.25, 0.3) is 11.9 Å². The van der Waals surface area contributed by atoms with Gasteiger partial charge in [0.2, 0.25) is 0 Å². The fourth-order valence-corrected chi connectivity index (χ4v) is 5.48. The molecule has 4 rings (SSSR count). The maximum Gasteiger partial charge on any atom is 0.322 e. The smallest absolute Gasteiger partial charge is 0.322 e. The maximum atomic E-state index is 14.9. The number of nitrogens with zero attached hydrogens (tertiary/aromatic N) is 2. The number of aliphatic imine (C=N–C) groups is 1. The van der Waals surface area contributed by atoms with Crippen LogP contribution in [0.2, 0.25) is 5.02 Å². The second kappa shape index (κ2) is 7.35. The Morgan fingerprint density at radius 2 is 2.17 bits per heavy atom. The topological polar surface area (TPSA) is 77.6 Å². The van der Waals surface area contributed by atoms with Crippen LogP contribution in [0.4, 0.5) is 8.78 Å². The van der Waals surface area contributed by atoms with Gasteiger partial charge in [-0.2, -0.15) is 0 Å². The highest BCUT2D eigenvalue weighted by Gasteiger charge is 2.71. The maximum absolute atomic E-state index is 14.9. The number of thioether (sulfide) groups is 1. The van der Waals surface area contributed by atoms with Gasteiger partial charge in [0, 0.05) is 17.7 Å². The molecule has 0 saturated heterocycles. The fraction of sp³-hybridized carbons (Fsp3) is 0.286. The number of carbonyl (C=O) groups excluding carboxylic acids is 1. The van der Waals surface area contributed by atoms with Gasteiger partial charge in [-0.25, -0.2) is 8.78 Å². The number of amidine groups is 1. The average Bonchev–Trinajstić information content (AvgIpc) is 3.45. The number of methoxy groups -OCH3 is 1. The Bertz CT molecular complexity index is 1090. The molecule has 2 heterocycles. The molecular weight excluding hydrogens is 432 g/mol. The first-order valence-corrected chi connectivity index (χ1v) is 10.3. The van der Waals surface area contributed by atoms with Gasteiger partial charge in [0.25, 0.3) is 0 Å². The normalized spacial score (nSPS) is 27.8. The van der Waals surface area contributed by atoms with Crippen molar-refractivity contribution >= 4 is 46.4 Å². The predicted molar refractivity (Wildman–Crippen MR) is 114 cm³/mol. The number of rotatable bonds is 4. The van der Waals surface area contributed by atoms with Crippen molar-refractivity contribution in [2.24, 2.45) is 16.6 Å². The van der Waals surface area contributed by atoms with Gasteiger partial charge in [0.1, 0.15) is 16.4 Å². The molecule has 5 nitrogen and oxygen atoms in total. The van der Waals surface area contributed by atoms with Crippen LogP contribution in [-0.2, 0) is 15.1 Å². The standard InChI is InChI=1S/C21H18ClF2N3O2S/c1-20(17-9-21(17,18(28)29-2)30-19(25)27-20)13-7-11(3-5-14(13)23)8-15(24)16-6-4-12(22)10-26-16/h3-8,10,17H,9H2,1-2H3,(H2,25,27)/b15-8-/t17-,20+,21-/m0/s1. The molecule has 0 bridgehead atoms. The molecule has 156 valence electrons. The van der Waals surface area contributed by atoms with Crippen LogP contribution < -0.4 is 5.73 Å². The molecule has 2 aliphatic rings. The van der Waals surface area contributed by atoms with Gasteiger partial charge < -0.3 is 10.5 Å². The molecule has 2 aromatic rings. The Balaban J connectivity index is 1.73. The van der Waals surface area contributed by atoms with E-state index in [9.17, 15) is 13.6 Å². The molecule has 1 saturated carbocycles. The number of esters is 1. The monoisotopic (exact) mass is 449 g/mol. The van der Waals surface area contributed by atoms with Gasteiger partial charge in [-0.15, -0.1) is 0 Å². The Hall–Kier alpha value is -2.45. The van der Waals surface area contributed by atoms with Crippen molar-refractivity contribution in [2.45, 2.75) is 23.6 Å². The largest absolute Gasteiger partial charge is 0.468 e. The third kappa shape index (κ3) is 3.37. The number of fused-ring (bicyclic) bond motifs is 1. The molecule has 2 N–H and O–H groups in total. The average molecular weight is 450 g/mol. The van der Waals surface area contributed by atoms with Crippen LogP contribution in [0.5, 0.6) is 0 Å². The van der Waals surface area contributed by atoms with E-state index in [1.807, 2.05) is 0 Å². The minimum Gasteiger partial charge on any atom is -0.468 e. The predicted octanol–water partition coefficient (Wildman–Crippen LogP) is 4.55. The molecular formula is C21H18ClF2N3O2S. The lowest BCUT2D eigenvalue weighted by atomic mass is 9.84. The van der Waals surface area contributed by atoms with Crippen molar-refractivity contribution in [3.63, 3.8) is 0 Å². The van der Waals surface area contributed by atoms with E-state index in [-0.39, 0.29) is 22.3 Å². The van der Waals surface area contributed by atoms with Crippen LogP contribution in [0.15, 0.2) is 41.5 Å². The molecule has 0 amide bonds. The Kier molecular flexibility index (Phi) is 5.10. The molecule has 1 aliphatic heterocycles. The van der Waals surface area contributed by atoms with E-state index in [0.29, 0.717) is 17.0 Å². The first-order chi connectivity index (χ1) is 14.2. The lowest BCUT2D eigenvalue weighted by molar-refractivity contribution is -0.141. The van der Waals surface area contributed by atoms with Crippen LogP contribution in [-0.4, -0.2) is 28.0 Å². The van der Waals surface area contributed by atoms with Crippen molar-refractivity contribution in [2.75, 3.05) is 7.11 Å². The number of benzene rings is 1. The third-order valence-electron chi connectivity index (χ3n) is 5.55. The van der Waals surface area contributed by atoms with Gasteiger partial charge in [-0.1, -0.05) is 29.4 Å². The van der Waals surface area contributed by atoms with E-state index in [1.165, 1.54) is 49.7 Å². The van der Waals surface area contributed by atoms with E-state index in [0.717, 1.165) is 11.8 Å². The van der Waals surface area contributed by atoms with Gasteiger partial charge in [-0.3, -0.25) is 14.8 Å². The van der Waals surface area contributed by atoms with Gasteiger partial charge >= 0.3 is 5.97 Å². The van der Waals surface area contributed by atoms with Crippen molar-refractivity contribution in [3.8, 4) is 0 Å². The van der Waals surface area contributed by atoms with Gasteiger partial charge in [-0.05, 0) is 49.2 Å². The number of aromatic nitrogens is 1. The minimum absolute atomic E-state index is 0.111. The zero-order valence-corrected chi connectivity index (χ0v) is 17.7. The van der Waals surface area contributed by atoms with E-state index >= 15 is 0 Å². The molecule has 0 unspecified atom stereocenters. The van der Waals surface area contributed by atoms with E-state index in [4.69, 9.17) is 22.1 Å². The Labute approximate surface area is 181 Å². The SMILES string of the molecule is COC(=O)[C@]12C[C@H]1[C@@](C)(c1cc(/C=C(\F)c3ccc(Cl)cn3)ccc1F)N=C(N)S2. The van der Waals surface area contributed by atoms with Crippen molar-refractivity contribution in [1.82, 2.24) is 4.98 Å². The third-order valence-corrected chi connectivity index (χ3v) is 7.06. The Morgan fingerprint density at radius 1 is 1.40 bits per heavy atom. The molecule has 1 aromatic heterocycles. The van der Waals surface area contributed by atoms with Gasteiger partial charge in [0.05, 0.1) is 23.4 Å². The molecule has 9 heteroatoms. The summed E-state index contributed by atoms with van der Waals surface area (Å²) in [6, 6.07) is 7.23. The van der Waals surface area contributed by atoms with E-state index in [2.05, 4.69) is 9.98 Å². The summed E-state index contributed by atoms with van der Waals surface area (Å²) in [6.45, 7) is 1.73. The number of nitrogens with two attached hydrogens (primary N) is 1. The molecule has 1 aliphatic carbocycles. The summed E-state index contributed by atoms with van der Waals surface area (Å²) in [5, 5.41) is 0.584. The van der Waals surface area contributed by atoms with Crippen molar-refractivity contribution in [3.05, 3.63) is 64.2 Å². The summed E-state index contributed by atoms with van der Waals surface area (Å²) in [5.41, 5.74) is 5.70. The highest BCUT2D eigenvalue weighted by Crippen LogP contribution is 2.66. The van der Waals surface area contributed by atoms with Crippen LogP contribution in [0.3, 0.4) is 0 Å². The lowest BCUT2D eigenvalue weighted by Crippen LogP contribution is -2.39. The number of hydrogen-bond donors (Lipinski definition) is 1. The molecule has 3 atom stereocenters. The molecule has 0 spiro atoms. The van der Waals surface area contributed by atoms with Crippen LogP contribution in [0, 0.1) is 11.7 Å². The van der Waals surface area contributed by atoms with Crippen molar-refractivity contribution < 1.29 is 18.3 Å². The van der Waals surface area contributed by atoms with Gasteiger partial charge in [0.15, 0.2) is 5.17 Å². The summed E-state index contributed by atoms with van der Waals surface area (Å²) in [4.78, 5) is 20.8. The highest BCUT2D eigenvalue weighted by molar-refractivity contribution is 8.15. The number of hydrogen-bond acceptors (Lipinski definition) is 6. The fourth-order valence-electron chi connectivity index (χ4n) is 3.97. The van der Waals surface area contributed by atoms with Crippen LogP contribution >= 0.6 is 23.4 Å². The zero-order chi connectivity index (χ0) is 21.7. The summed E-state index contributed by atoms with van der Waals surface area (Å²) in [6.07, 6.45) is 3.07. The number of ether oxygens (including phenoxy) is 1. The molecule has 0 radical (unpaired) electrons. The minimum atomic E-state index is -1.08. The molecule has 30 heavy (non-hydrogen) atoms. The first kappa shape index (κ1) is 20.8. The van der Waals surface area contributed by atoms with Crippen molar-refractivity contribution in [1.29, 1.82) is 0 Å². The second-order valence-electron chi connectivity index (χ2n) is 7.43. The first-order valence-electron chi connectivity index (χ1n) is 9.11. The van der Waals surface area contributed by atoms with Crippen LogP contribution in [0.1, 0.15) is 30.2 Å². The molecule has 1 aromatic carbocycles. The number of halogens is 3. The second-order valence-corrected chi connectivity index (χ2v) is 9.22. The zero-order valence-electron chi connectivity index (χ0n) is 16.2. The summed E-state index contributed by atoms with van der Waals surface area (Å²) in [5.74, 6) is -1.79. The lowest BCUT2D eigenvalue weighted by Gasteiger charge is -2.33. The summed E-state index contributed by atoms with van der Waals surface area (Å²) in [7, 11) is 1.31. The summed E-state index contributed by atoms with van der Waals surface area (Å²) >= 11 is 6.94. The Morgan fingerprint density at radius 3 is 2.83 bits per heavy atom. The van der Waals surface area contributed by atoms with E-state index < -0.39 is 27.9 Å². The number of carbonyl (C=O) groups is 1. The molecule has 1 fully saturated rings.